The highest BCUT2D eigenvalue weighted by Crippen LogP contribution is 2.30. The highest BCUT2D eigenvalue weighted by Gasteiger charge is 2.07. The molecule has 0 N–H and O–H groups in total. The van der Waals surface area contributed by atoms with Crippen molar-refractivity contribution in [1.29, 1.82) is 0 Å². The molecule has 2 rings (SSSR count). The maximum Gasteiger partial charge on any atom is 0.279 e. The molecule has 0 saturated heterocycles. The van der Waals surface area contributed by atoms with Gasteiger partial charge in [0.05, 0.1) is 10.6 Å². The second kappa shape index (κ2) is 5.60. The van der Waals surface area contributed by atoms with Crippen molar-refractivity contribution in [1.82, 2.24) is 4.98 Å². The van der Waals surface area contributed by atoms with Crippen molar-refractivity contribution in [2.75, 3.05) is 0 Å². The third-order valence-corrected chi connectivity index (χ3v) is 3.33. The van der Waals surface area contributed by atoms with E-state index < -0.39 is 0 Å². The van der Waals surface area contributed by atoms with E-state index in [0.29, 0.717) is 16.5 Å². The molecule has 3 nitrogen and oxygen atoms in total. The van der Waals surface area contributed by atoms with Crippen molar-refractivity contribution in [3.8, 4) is 10.9 Å². The van der Waals surface area contributed by atoms with Gasteiger partial charge in [0.15, 0.2) is 0 Å². The van der Waals surface area contributed by atoms with Crippen molar-refractivity contribution in [2.24, 2.45) is 0 Å². The minimum Gasteiger partial charge on any atom is -0.431 e. The maximum atomic E-state index is 10.7. The Hall–Kier alpha value is -1.94. The van der Waals surface area contributed by atoms with Crippen LogP contribution in [0.4, 0.5) is 0 Å². The fourth-order valence-electron chi connectivity index (χ4n) is 1.48. The third-order valence-electron chi connectivity index (χ3n) is 2.33. The quantitative estimate of drug-likeness (QED) is 0.776. The molecule has 1 heterocycles. The Bertz CT molecular complexity index is 587. The first kappa shape index (κ1) is 12.5. The summed E-state index contributed by atoms with van der Waals surface area (Å²) < 4.78 is 5.64. The molecule has 1 aromatic carbocycles. The van der Waals surface area contributed by atoms with Gasteiger partial charge >= 0.3 is 0 Å². The normalized spacial score (nSPS) is 10.8. The van der Waals surface area contributed by atoms with Gasteiger partial charge in [-0.05, 0) is 32.1 Å². The maximum absolute atomic E-state index is 10.7. The molecule has 0 radical (unpaired) electrons. The van der Waals surface area contributed by atoms with Crippen LogP contribution in [0.5, 0.6) is 10.9 Å². The SMILES string of the molecule is C/C=C\c1sc(Oc2cccc(C=O)c2)nc1C. The van der Waals surface area contributed by atoms with Gasteiger partial charge < -0.3 is 4.74 Å². The van der Waals surface area contributed by atoms with E-state index in [1.54, 1.807) is 24.3 Å². The summed E-state index contributed by atoms with van der Waals surface area (Å²) in [5.41, 5.74) is 1.54. The summed E-state index contributed by atoms with van der Waals surface area (Å²) >= 11 is 1.48. The molecule has 0 aliphatic heterocycles. The first-order valence-corrected chi connectivity index (χ1v) is 6.38. The molecule has 4 heteroatoms. The van der Waals surface area contributed by atoms with E-state index in [1.165, 1.54) is 11.3 Å². The highest BCUT2D eigenvalue weighted by molar-refractivity contribution is 7.14. The monoisotopic (exact) mass is 259 g/mol. The number of nitrogens with zero attached hydrogens (tertiary/aromatic N) is 1. The Morgan fingerprint density at radius 1 is 1.39 bits per heavy atom. The zero-order valence-electron chi connectivity index (χ0n) is 10.2. The molecule has 0 spiro atoms. The number of ether oxygens (including phenoxy) is 1. The van der Waals surface area contributed by atoms with Gasteiger partial charge in [0, 0.05) is 5.56 Å². The summed E-state index contributed by atoms with van der Waals surface area (Å²) in [6.07, 6.45) is 4.77. The van der Waals surface area contributed by atoms with E-state index in [1.807, 2.05) is 26.0 Å². The standard InChI is InChI=1S/C14H13NO2S/c1-3-5-13-10(2)15-14(18-13)17-12-7-4-6-11(8-12)9-16/h3-9H,1-2H3/b5-3-. The molecule has 0 unspecified atom stereocenters. The third kappa shape index (κ3) is 2.84. The summed E-state index contributed by atoms with van der Waals surface area (Å²) in [4.78, 5) is 16.1. The Kier molecular flexibility index (Phi) is 3.89. The Labute approximate surface area is 110 Å². The molecule has 0 atom stereocenters. The van der Waals surface area contributed by atoms with E-state index in [4.69, 9.17) is 4.74 Å². The largest absolute Gasteiger partial charge is 0.431 e. The van der Waals surface area contributed by atoms with E-state index >= 15 is 0 Å². The average Bonchev–Trinajstić information content (AvgIpc) is 2.70. The van der Waals surface area contributed by atoms with E-state index in [2.05, 4.69) is 4.98 Å². The molecular weight excluding hydrogens is 246 g/mol. The van der Waals surface area contributed by atoms with Gasteiger partial charge in [0.2, 0.25) is 0 Å². The van der Waals surface area contributed by atoms with Gasteiger partial charge in [0.25, 0.3) is 5.19 Å². The Morgan fingerprint density at radius 3 is 2.94 bits per heavy atom. The molecule has 0 aliphatic rings. The van der Waals surface area contributed by atoms with E-state index in [-0.39, 0.29) is 0 Å². The fourth-order valence-corrected chi connectivity index (χ4v) is 2.39. The topological polar surface area (TPSA) is 39.2 Å². The summed E-state index contributed by atoms with van der Waals surface area (Å²) in [5.74, 6) is 0.625. The van der Waals surface area contributed by atoms with Crippen LogP contribution in [0.3, 0.4) is 0 Å². The number of hydrogen-bond acceptors (Lipinski definition) is 4. The number of allylic oxidation sites excluding steroid dienone is 1. The summed E-state index contributed by atoms with van der Waals surface area (Å²) in [7, 11) is 0. The first-order valence-electron chi connectivity index (χ1n) is 5.56. The van der Waals surface area contributed by atoms with Crippen LogP contribution in [-0.2, 0) is 0 Å². The lowest BCUT2D eigenvalue weighted by Crippen LogP contribution is -1.85. The van der Waals surface area contributed by atoms with Crippen LogP contribution in [-0.4, -0.2) is 11.3 Å². The van der Waals surface area contributed by atoms with Gasteiger partial charge in [0.1, 0.15) is 12.0 Å². The molecule has 0 saturated carbocycles. The Morgan fingerprint density at radius 2 is 2.22 bits per heavy atom. The summed E-state index contributed by atoms with van der Waals surface area (Å²) in [5, 5.41) is 0.587. The number of carbonyl (C=O) groups is 1. The zero-order valence-corrected chi connectivity index (χ0v) is 11.0. The van der Waals surface area contributed by atoms with Crippen molar-refractivity contribution in [3.05, 3.63) is 46.5 Å². The van der Waals surface area contributed by atoms with Crippen molar-refractivity contribution >= 4 is 23.7 Å². The number of rotatable bonds is 4. The number of thiazole rings is 1. The lowest BCUT2D eigenvalue weighted by molar-refractivity contribution is 0.112. The highest BCUT2D eigenvalue weighted by atomic mass is 32.1. The fraction of sp³-hybridized carbons (Fsp3) is 0.143. The molecule has 1 aromatic heterocycles. The minimum atomic E-state index is 0.587. The molecule has 92 valence electrons. The molecular formula is C14H13NO2S. The van der Waals surface area contributed by atoms with Crippen LogP contribution < -0.4 is 4.74 Å². The van der Waals surface area contributed by atoms with E-state index in [0.717, 1.165) is 16.9 Å². The van der Waals surface area contributed by atoms with E-state index in [9.17, 15) is 4.79 Å². The van der Waals surface area contributed by atoms with Gasteiger partial charge in [-0.15, -0.1) is 0 Å². The van der Waals surface area contributed by atoms with Gasteiger partial charge in [-0.3, -0.25) is 4.79 Å². The lowest BCUT2D eigenvalue weighted by Gasteiger charge is -2.01. The van der Waals surface area contributed by atoms with Crippen LogP contribution >= 0.6 is 11.3 Å². The van der Waals surface area contributed by atoms with Crippen LogP contribution in [0.2, 0.25) is 0 Å². The minimum absolute atomic E-state index is 0.587. The average molecular weight is 259 g/mol. The first-order chi connectivity index (χ1) is 8.72. The zero-order chi connectivity index (χ0) is 13.0. The predicted octanol–water partition coefficient (Wildman–Crippen LogP) is 4.09. The van der Waals surface area contributed by atoms with Crippen LogP contribution in [0.1, 0.15) is 27.9 Å². The van der Waals surface area contributed by atoms with Crippen LogP contribution in [0.15, 0.2) is 30.3 Å². The second-order valence-corrected chi connectivity index (χ2v) is 4.72. The van der Waals surface area contributed by atoms with Gasteiger partial charge in [-0.1, -0.05) is 29.5 Å². The molecule has 0 aliphatic carbocycles. The Balaban J connectivity index is 2.22. The molecule has 18 heavy (non-hydrogen) atoms. The molecule has 0 bridgehead atoms. The van der Waals surface area contributed by atoms with Crippen LogP contribution in [0, 0.1) is 6.92 Å². The van der Waals surface area contributed by atoms with Crippen LogP contribution in [0.25, 0.3) is 6.08 Å². The smallest absolute Gasteiger partial charge is 0.279 e. The summed E-state index contributed by atoms with van der Waals surface area (Å²) in [6.45, 7) is 3.91. The lowest BCUT2D eigenvalue weighted by atomic mass is 10.2. The second-order valence-electron chi connectivity index (χ2n) is 3.72. The molecule has 2 aromatic rings. The van der Waals surface area contributed by atoms with Gasteiger partial charge in [-0.25, -0.2) is 4.98 Å². The number of hydrogen-bond donors (Lipinski definition) is 0. The molecule has 0 amide bonds. The predicted molar refractivity (Wildman–Crippen MR) is 73.5 cm³/mol. The number of aryl methyl sites for hydroxylation is 1. The summed E-state index contributed by atoms with van der Waals surface area (Å²) in [6, 6.07) is 7.02. The van der Waals surface area contributed by atoms with Crippen molar-refractivity contribution in [3.63, 3.8) is 0 Å². The van der Waals surface area contributed by atoms with Gasteiger partial charge in [-0.2, -0.15) is 0 Å². The molecule has 0 fully saturated rings. The van der Waals surface area contributed by atoms with Crippen molar-refractivity contribution in [2.45, 2.75) is 13.8 Å². The van der Waals surface area contributed by atoms with Crippen molar-refractivity contribution < 1.29 is 9.53 Å². The number of carbonyl (C=O) groups excluding carboxylic acids is 1. The number of aldehydes is 1. The number of benzene rings is 1. The number of aromatic nitrogens is 1.